The number of piperazine rings is 1. The molecule has 6 heteroatoms. The van der Waals surface area contributed by atoms with Crippen LogP contribution in [0, 0.1) is 0 Å². The third-order valence-electron chi connectivity index (χ3n) is 4.24. The Morgan fingerprint density at radius 3 is 2.38 bits per heavy atom. The average Bonchev–Trinajstić information content (AvgIpc) is 3.02. The van der Waals surface area contributed by atoms with Gasteiger partial charge in [-0.25, -0.2) is 0 Å². The molecule has 2 aliphatic rings. The second-order valence-electron chi connectivity index (χ2n) is 5.48. The first-order valence-electron chi connectivity index (χ1n) is 7.23. The number of carbonyl (C=O) groups excluding carboxylic acids is 1. The average molecular weight is 375 g/mol. The quantitative estimate of drug-likeness (QED) is 0.860. The van der Waals surface area contributed by atoms with E-state index in [1.54, 1.807) is 0 Å². The summed E-state index contributed by atoms with van der Waals surface area (Å²) in [6, 6.07) is 8.29. The summed E-state index contributed by atoms with van der Waals surface area (Å²) in [6.07, 6.45) is 1.24. The number of rotatable bonds is 2. The van der Waals surface area contributed by atoms with Crippen LogP contribution in [0.2, 0.25) is 0 Å². The second kappa shape index (κ2) is 7.58. The molecule has 1 aromatic rings. The van der Waals surface area contributed by atoms with E-state index in [1.807, 2.05) is 29.2 Å². The van der Waals surface area contributed by atoms with Crippen LogP contribution in [0.4, 0.5) is 0 Å². The van der Waals surface area contributed by atoms with E-state index in [4.69, 9.17) is 0 Å². The molecule has 0 aromatic heterocycles. The van der Waals surface area contributed by atoms with Gasteiger partial charge in [0.15, 0.2) is 0 Å². The first-order valence-corrected chi connectivity index (χ1v) is 8.03. The van der Waals surface area contributed by atoms with E-state index >= 15 is 0 Å². The van der Waals surface area contributed by atoms with Crippen molar-refractivity contribution in [2.75, 3.05) is 39.3 Å². The molecular formula is C15H21BrClN3O. The van der Waals surface area contributed by atoms with Gasteiger partial charge in [-0.15, -0.1) is 12.4 Å². The molecule has 1 aromatic carbocycles. The van der Waals surface area contributed by atoms with Gasteiger partial charge in [0.25, 0.3) is 5.91 Å². The van der Waals surface area contributed by atoms with Gasteiger partial charge in [0.05, 0.1) is 0 Å². The Kier molecular flexibility index (Phi) is 6.05. The van der Waals surface area contributed by atoms with E-state index in [9.17, 15) is 4.79 Å². The molecule has 1 unspecified atom stereocenters. The molecule has 0 spiro atoms. The normalized spacial score (nSPS) is 22.9. The van der Waals surface area contributed by atoms with E-state index in [0.717, 1.165) is 49.3 Å². The molecule has 2 aliphatic heterocycles. The van der Waals surface area contributed by atoms with E-state index in [0.29, 0.717) is 6.04 Å². The van der Waals surface area contributed by atoms with Crippen LogP contribution in [0.15, 0.2) is 28.7 Å². The van der Waals surface area contributed by atoms with Gasteiger partial charge in [-0.2, -0.15) is 0 Å². The third-order valence-corrected chi connectivity index (χ3v) is 4.77. The Labute approximate surface area is 140 Å². The fourth-order valence-corrected chi connectivity index (χ4v) is 3.28. The second-order valence-corrected chi connectivity index (χ2v) is 6.40. The maximum atomic E-state index is 12.4. The van der Waals surface area contributed by atoms with Crippen LogP contribution in [0.3, 0.4) is 0 Å². The summed E-state index contributed by atoms with van der Waals surface area (Å²) in [4.78, 5) is 16.9. The Morgan fingerprint density at radius 2 is 1.81 bits per heavy atom. The van der Waals surface area contributed by atoms with Gasteiger partial charge in [-0.1, -0.05) is 15.9 Å². The van der Waals surface area contributed by atoms with Crippen molar-refractivity contribution < 1.29 is 4.79 Å². The van der Waals surface area contributed by atoms with Crippen molar-refractivity contribution in [2.45, 2.75) is 12.5 Å². The Morgan fingerprint density at radius 1 is 1.14 bits per heavy atom. The topological polar surface area (TPSA) is 35.6 Å². The summed E-state index contributed by atoms with van der Waals surface area (Å²) in [7, 11) is 0. The summed E-state index contributed by atoms with van der Waals surface area (Å²) in [5.41, 5.74) is 0.782. The van der Waals surface area contributed by atoms with Gasteiger partial charge in [0, 0.05) is 48.8 Å². The minimum atomic E-state index is 0. The van der Waals surface area contributed by atoms with E-state index in [-0.39, 0.29) is 18.3 Å². The molecule has 0 radical (unpaired) electrons. The SMILES string of the molecule is Cl.O=C(c1ccc(Br)cc1)N1CCN(C2CCNC2)CC1. The fraction of sp³-hybridized carbons (Fsp3) is 0.533. The Balaban J connectivity index is 0.00000161. The molecule has 1 amide bonds. The summed E-state index contributed by atoms with van der Waals surface area (Å²) in [5.74, 6) is 0.154. The molecule has 2 heterocycles. The highest BCUT2D eigenvalue weighted by Gasteiger charge is 2.27. The zero-order chi connectivity index (χ0) is 13.9. The lowest BCUT2D eigenvalue weighted by Gasteiger charge is -2.37. The first kappa shape index (κ1) is 16.7. The molecule has 0 aliphatic carbocycles. The zero-order valence-corrected chi connectivity index (χ0v) is 14.3. The van der Waals surface area contributed by atoms with Crippen molar-refractivity contribution in [3.63, 3.8) is 0 Å². The number of hydrogen-bond donors (Lipinski definition) is 1. The molecule has 4 nitrogen and oxygen atoms in total. The Hall–Kier alpha value is -0.620. The minimum Gasteiger partial charge on any atom is -0.336 e. The summed E-state index contributed by atoms with van der Waals surface area (Å²) < 4.78 is 1.01. The van der Waals surface area contributed by atoms with Gasteiger partial charge >= 0.3 is 0 Å². The van der Waals surface area contributed by atoms with Gasteiger partial charge in [0.1, 0.15) is 0 Å². The molecular weight excluding hydrogens is 354 g/mol. The maximum absolute atomic E-state index is 12.4. The number of amides is 1. The zero-order valence-electron chi connectivity index (χ0n) is 11.9. The van der Waals surface area contributed by atoms with Gasteiger partial charge < -0.3 is 10.2 Å². The first-order chi connectivity index (χ1) is 9.74. The highest BCUT2D eigenvalue weighted by atomic mass is 79.9. The summed E-state index contributed by atoms with van der Waals surface area (Å²) in [6.45, 7) is 5.89. The molecule has 21 heavy (non-hydrogen) atoms. The van der Waals surface area contributed by atoms with Crippen molar-refractivity contribution in [1.29, 1.82) is 0 Å². The summed E-state index contributed by atoms with van der Waals surface area (Å²) >= 11 is 3.40. The van der Waals surface area contributed by atoms with Crippen LogP contribution >= 0.6 is 28.3 Å². The Bertz CT molecular complexity index is 468. The standard InChI is InChI=1S/C15H20BrN3O.ClH/c16-13-3-1-12(2-4-13)15(20)19-9-7-18(8-10-19)14-5-6-17-11-14;/h1-4,14,17H,5-11H2;1H. The van der Waals surface area contributed by atoms with Crippen LogP contribution in [0.1, 0.15) is 16.8 Å². The molecule has 3 rings (SSSR count). The van der Waals surface area contributed by atoms with Crippen molar-refractivity contribution in [1.82, 2.24) is 15.1 Å². The molecule has 1 N–H and O–H groups in total. The van der Waals surface area contributed by atoms with Crippen LogP contribution in [-0.4, -0.2) is 61.0 Å². The maximum Gasteiger partial charge on any atom is 0.253 e. The number of nitrogens with one attached hydrogen (secondary N) is 1. The molecule has 0 bridgehead atoms. The van der Waals surface area contributed by atoms with Gasteiger partial charge in [0.2, 0.25) is 0 Å². The van der Waals surface area contributed by atoms with Crippen LogP contribution in [-0.2, 0) is 0 Å². The fourth-order valence-electron chi connectivity index (χ4n) is 3.02. The number of carbonyl (C=O) groups is 1. The highest BCUT2D eigenvalue weighted by Crippen LogP contribution is 2.16. The number of nitrogens with zero attached hydrogens (tertiary/aromatic N) is 2. The minimum absolute atomic E-state index is 0. The lowest BCUT2D eigenvalue weighted by atomic mass is 10.1. The third kappa shape index (κ3) is 3.97. The van der Waals surface area contributed by atoms with Gasteiger partial charge in [-0.05, 0) is 37.2 Å². The van der Waals surface area contributed by atoms with Crippen molar-refractivity contribution in [3.05, 3.63) is 34.3 Å². The predicted octanol–water partition coefficient (Wildman–Crippen LogP) is 1.99. The van der Waals surface area contributed by atoms with Crippen molar-refractivity contribution >= 4 is 34.2 Å². The van der Waals surface area contributed by atoms with E-state index < -0.39 is 0 Å². The smallest absolute Gasteiger partial charge is 0.253 e. The molecule has 116 valence electrons. The predicted molar refractivity (Wildman–Crippen MR) is 90.1 cm³/mol. The summed E-state index contributed by atoms with van der Waals surface area (Å²) in [5, 5.41) is 3.41. The molecule has 1 atom stereocenters. The lowest BCUT2D eigenvalue weighted by Crippen LogP contribution is -2.52. The number of hydrogen-bond acceptors (Lipinski definition) is 3. The van der Waals surface area contributed by atoms with Crippen LogP contribution < -0.4 is 5.32 Å². The van der Waals surface area contributed by atoms with Crippen LogP contribution in [0.25, 0.3) is 0 Å². The van der Waals surface area contributed by atoms with Crippen LogP contribution in [0.5, 0.6) is 0 Å². The monoisotopic (exact) mass is 373 g/mol. The molecule has 0 saturated carbocycles. The van der Waals surface area contributed by atoms with E-state index in [1.165, 1.54) is 6.42 Å². The van der Waals surface area contributed by atoms with Crippen molar-refractivity contribution in [2.24, 2.45) is 0 Å². The highest BCUT2D eigenvalue weighted by molar-refractivity contribution is 9.10. The molecule has 2 fully saturated rings. The number of halogens is 2. The van der Waals surface area contributed by atoms with Crippen molar-refractivity contribution in [3.8, 4) is 0 Å². The lowest BCUT2D eigenvalue weighted by molar-refractivity contribution is 0.0584. The van der Waals surface area contributed by atoms with E-state index in [2.05, 4.69) is 26.1 Å². The largest absolute Gasteiger partial charge is 0.336 e. The number of benzene rings is 1. The van der Waals surface area contributed by atoms with Gasteiger partial charge in [-0.3, -0.25) is 9.69 Å². The molecule has 2 saturated heterocycles.